The predicted molar refractivity (Wildman–Crippen MR) is 82.3 cm³/mol. The molecule has 114 valence electrons. The lowest BCUT2D eigenvalue weighted by Gasteiger charge is -2.24. The largest absolute Gasteiger partial charge is 0.370 e. The third kappa shape index (κ3) is 2.93. The van der Waals surface area contributed by atoms with Gasteiger partial charge in [-0.3, -0.25) is 20.9 Å². The van der Waals surface area contributed by atoms with Gasteiger partial charge in [0.05, 0.1) is 10.6 Å². The maximum absolute atomic E-state index is 11.0. The molecule has 3 N–H and O–H groups in total. The molecule has 0 saturated carbocycles. The smallest absolute Gasteiger partial charge is 0.273 e. The van der Waals surface area contributed by atoms with Crippen LogP contribution in [0.15, 0.2) is 18.2 Å². The molecule has 0 aromatic heterocycles. The first-order valence-electron chi connectivity index (χ1n) is 7.42. The summed E-state index contributed by atoms with van der Waals surface area (Å²) < 4.78 is 0. The standard InChI is InChI=1S/C14H21N5O2/c15-16-11-7-13(9-14(8-11)19(20)21)18-6-3-12(10-18)17-4-1-2-5-17/h7-9,12,16H,1-6,10,15H2. The Morgan fingerprint density at radius 3 is 2.67 bits per heavy atom. The van der Waals surface area contributed by atoms with E-state index in [-0.39, 0.29) is 10.6 Å². The fourth-order valence-electron chi connectivity index (χ4n) is 3.35. The molecule has 1 unspecified atom stereocenters. The van der Waals surface area contributed by atoms with Gasteiger partial charge in [0.1, 0.15) is 0 Å². The van der Waals surface area contributed by atoms with Crippen molar-refractivity contribution in [3.8, 4) is 0 Å². The first kappa shape index (κ1) is 14.1. The fraction of sp³-hybridized carbons (Fsp3) is 0.571. The quantitative estimate of drug-likeness (QED) is 0.497. The van der Waals surface area contributed by atoms with Gasteiger partial charge in [0.25, 0.3) is 5.69 Å². The fourth-order valence-corrected chi connectivity index (χ4v) is 3.35. The van der Waals surface area contributed by atoms with Crippen LogP contribution in [0.2, 0.25) is 0 Å². The Morgan fingerprint density at radius 1 is 1.24 bits per heavy atom. The number of nitro groups is 1. The number of likely N-dealkylation sites (tertiary alicyclic amines) is 1. The Labute approximate surface area is 123 Å². The highest BCUT2D eigenvalue weighted by atomic mass is 16.6. The molecule has 2 aliphatic rings. The first-order valence-corrected chi connectivity index (χ1v) is 7.42. The SMILES string of the molecule is NNc1cc(N2CCC(N3CCCC3)C2)cc([N+](=O)[O-])c1. The van der Waals surface area contributed by atoms with Crippen molar-refractivity contribution < 1.29 is 4.92 Å². The van der Waals surface area contributed by atoms with Gasteiger partial charge in [-0.15, -0.1) is 0 Å². The molecule has 2 saturated heterocycles. The van der Waals surface area contributed by atoms with E-state index >= 15 is 0 Å². The van der Waals surface area contributed by atoms with Gasteiger partial charge in [-0.05, 0) is 38.4 Å². The summed E-state index contributed by atoms with van der Waals surface area (Å²) in [4.78, 5) is 15.4. The number of hydrogen-bond acceptors (Lipinski definition) is 6. The second-order valence-corrected chi connectivity index (χ2v) is 5.77. The first-order chi connectivity index (χ1) is 10.2. The molecule has 2 aliphatic heterocycles. The van der Waals surface area contributed by atoms with Crippen LogP contribution in [0.25, 0.3) is 0 Å². The van der Waals surface area contributed by atoms with E-state index in [0.29, 0.717) is 11.7 Å². The van der Waals surface area contributed by atoms with Crippen molar-refractivity contribution in [3.05, 3.63) is 28.3 Å². The van der Waals surface area contributed by atoms with E-state index in [1.165, 1.54) is 32.0 Å². The minimum absolute atomic E-state index is 0.0741. The summed E-state index contributed by atoms with van der Waals surface area (Å²) in [5, 5.41) is 11.0. The minimum atomic E-state index is -0.377. The van der Waals surface area contributed by atoms with E-state index in [1.807, 2.05) is 6.07 Å². The van der Waals surface area contributed by atoms with E-state index in [0.717, 1.165) is 25.2 Å². The Hall–Kier alpha value is -1.86. The molecule has 2 fully saturated rings. The third-order valence-corrected chi connectivity index (χ3v) is 4.47. The number of nitrogens with one attached hydrogen (secondary N) is 1. The van der Waals surface area contributed by atoms with Gasteiger partial charge in [-0.2, -0.15) is 0 Å². The van der Waals surface area contributed by atoms with Crippen molar-refractivity contribution in [1.82, 2.24) is 4.90 Å². The molecule has 0 bridgehead atoms. The van der Waals surface area contributed by atoms with Crippen molar-refractivity contribution in [1.29, 1.82) is 0 Å². The zero-order chi connectivity index (χ0) is 14.8. The number of nitrogens with zero attached hydrogens (tertiary/aromatic N) is 3. The number of rotatable bonds is 4. The molecule has 1 aromatic carbocycles. The summed E-state index contributed by atoms with van der Waals surface area (Å²) in [6.45, 7) is 4.24. The molecule has 21 heavy (non-hydrogen) atoms. The van der Waals surface area contributed by atoms with Gasteiger partial charge in [0, 0.05) is 37.0 Å². The van der Waals surface area contributed by atoms with E-state index in [2.05, 4.69) is 15.2 Å². The lowest BCUT2D eigenvalue weighted by Crippen LogP contribution is -2.35. The van der Waals surface area contributed by atoms with Gasteiger partial charge in [-0.25, -0.2) is 0 Å². The highest BCUT2D eigenvalue weighted by molar-refractivity contribution is 5.64. The number of benzene rings is 1. The number of hydrogen-bond donors (Lipinski definition) is 2. The van der Waals surface area contributed by atoms with E-state index in [1.54, 1.807) is 6.07 Å². The van der Waals surface area contributed by atoms with Crippen molar-refractivity contribution >= 4 is 17.1 Å². The summed E-state index contributed by atoms with van der Waals surface area (Å²) in [7, 11) is 0. The van der Waals surface area contributed by atoms with Crippen LogP contribution in [0.3, 0.4) is 0 Å². The Morgan fingerprint density at radius 2 is 2.00 bits per heavy atom. The monoisotopic (exact) mass is 291 g/mol. The number of nitro benzene ring substituents is 1. The number of non-ortho nitro benzene ring substituents is 1. The Bertz CT molecular complexity index is 530. The molecule has 7 heteroatoms. The summed E-state index contributed by atoms with van der Waals surface area (Å²) in [6.07, 6.45) is 3.69. The summed E-state index contributed by atoms with van der Waals surface area (Å²) in [6, 6.07) is 5.53. The predicted octanol–water partition coefficient (Wildman–Crippen LogP) is 1.55. The van der Waals surface area contributed by atoms with Gasteiger partial charge in [0.15, 0.2) is 0 Å². The lowest BCUT2D eigenvalue weighted by atomic mass is 10.2. The molecule has 0 spiro atoms. The van der Waals surface area contributed by atoms with Crippen LogP contribution in [0, 0.1) is 10.1 Å². The van der Waals surface area contributed by atoms with Crippen LogP contribution >= 0.6 is 0 Å². The highest BCUT2D eigenvalue weighted by Crippen LogP contribution is 2.30. The number of anilines is 2. The van der Waals surface area contributed by atoms with Gasteiger partial charge in [-0.1, -0.05) is 0 Å². The molecule has 7 nitrogen and oxygen atoms in total. The summed E-state index contributed by atoms with van der Waals surface area (Å²) in [5.74, 6) is 5.41. The van der Waals surface area contributed by atoms with Crippen LogP contribution < -0.4 is 16.2 Å². The van der Waals surface area contributed by atoms with Crippen LogP contribution in [-0.4, -0.2) is 42.0 Å². The van der Waals surface area contributed by atoms with Crippen LogP contribution in [-0.2, 0) is 0 Å². The zero-order valence-electron chi connectivity index (χ0n) is 12.0. The summed E-state index contributed by atoms with van der Waals surface area (Å²) >= 11 is 0. The van der Waals surface area contributed by atoms with Crippen LogP contribution in [0.4, 0.5) is 17.1 Å². The normalized spacial score (nSPS) is 22.7. The zero-order valence-corrected chi connectivity index (χ0v) is 12.0. The van der Waals surface area contributed by atoms with E-state index < -0.39 is 0 Å². The second-order valence-electron chi connectivity index (χ2n) is 5.77. The number of nitrogens with two attached hydrogens (primary N) is 1. The van der Waals surface area contributed by atoms with Crippen molar-refractivity contribution in [2.75, 3.05) is 36.5 Å². The second kappa shape index (κ2) is 5.87. The molecule has 0 radical (unpaired) electrons. The number of nitrogen functional groups attached to an aromatic ring is 1. The van der Waals surface area contributed by atoms with E-state index in [4.69, 9.17) is 5.84 Å². The average molecular weight is 291 g/mol. The molecule has 1 aromatic rings. The molecule has 0 aliphatic carbocycles. The van der Waals surface area contributed by atoms with Crippen molar-refractivity contribution in [2.45, 2.75) is 25.3 Å². The third-order valence-electron chi connectivity index (χ3n) is 4.47. The maximum atomic E-state index is 11.0. The topological polar surface area (TPSA) is 87.7 Å². The Balaban J connectivity index is 1.77. The van der Waals surface area contributed by atoms with Crippen LogP contribution in [0.5, 0.6) is 0 Å². The summed E-state index contributed by atoms with van der Waals surface area (Å²) in [5.41, 5.74) is 4.03. The molecule has 2 heterocycles. The minimum Gasteiger partial charge on any atom is -0.370 e. The molecule has 3 rings (SSSR count). The van der Waals surface area contributed by atoms with Gasteiger partial charge < -0.3 is 10.3 Å². The molecule has 0 amide bonds. The number of hydrazine groups is 1. The Kier molecular flexibility index (Phi) is 3.94. The van der Waals surface area contributed by atoms with Gasteiger partial charge in [0.2, 0.25) is 0 Å². The van der Waals surface area contributed by atoms with Crippen LogP contribution in [0.1, 0.15) is 19.3 Å². The average Bonchev–Trinajstić information content (AvgIpc) is 3.17. The van der Waals surface area contributed by atoms with E-state index in [9.17, 15) is 10.1 Å². The maximum Gasteiger partial charge on any atom is 0.273 e. The lowest BCUT2D eigenvalue weighted by molar-refractivity contribution is -0.384. The molecular formula is C14H21N5O2. The van der Waals surface area contributed by atoms with Gasteiger partial charge >= 0.3 is 0 Å². The molecular weight excluding hydrogens is 270 g/mol. The molecule has 1 atom stereocenters. The highest BCUT2D eigenvalue weighted by Gasteiger charge is 2.30. The van der Waals surface area contributed by atoms with Crippen molar-refractivity contribution in [3.63, 3.8) is 0 Å². The van der Waals surface area contributed by atoms with Crippen molar-refractivity contribution in [2.24, 2.45) is 5.84 Å².